The van der Waals surface area contributed by atoms with Gasteiger partial charge in [-0.25, -0.2) is 0 Å². The average molecular weight is 175 g/mol. The van der Waals surface area contributed by atoms with Gasteiger partial charge in [0.1, 0.15) is 6.04 Å². The van der Waals surface area contributed by atoms with Gasteiger partial charge >= 0.3 is 5.97 Å². The Morgan fingerprint density at radius 2 is 2.45 bits per heavy atom. The van der Waals surface area contributed by atoms with E-state index in [1.807, 2.05) is 6.26 Å². The van der Waals surface area contributed by atoms with Crippen LogP contribution in [0.3, 0.4) is 0 Å². The van der Waals surface area contributed by atoms with E-state index in [9.17, 15) is 4.79 Å². The van der Waals surface area contributed by atoms with Crippen molar-refractivity contribution in [1.29, 1.82) is 0 Å². The predicted octanol–water partition coefficient (Wildman–Crippen LogP) is 0.555. The third kappa shape index (κ3) is 3.12. The summed E-state index contributed by atoms with van der Waals surface area (Å²) >= 11 is 1.56. The third-order valence-corrected chi connectivity index (χ3v) is 2.31. The molecule has 64 valence electrons. The summed E-state index contributed by atoms with van der Waals surface area (Å²) in [5.74, 6) is -0.0718. The van der Waals surface area contributed by atoms with E-state index in [0.717, 1.165) is 12.8 Å². The van der Waals surface area contributed by atoms with E-state index < -0.39 is 5.97 Å². The van der Waals surface area contributed by atoms with Gasteiger partial charge < -0.3 is 10.4 Å². The van der Waals surface area contributed by atoms with Crippen LogP contribution >= 0.6 is 11.8 Å². The predicted molar refractivity (Wildman–Crippen MR) is 46.0 cm³/mol. The smallest absolute Gasteiger partial charge is 0.321 e. The molecule has 1 aliphatic rings. The molecule has 1 fully saturated rings. The van der Waals surface area contributed by atoms with Crippen molar-refractivity contribution in [3.05, 3.63) is 0 Å². The van der Waals surface area contributed by atoms with Gasteiger partial charge in [0, 0.05) is 11.8 Å². The topological polar surface area (TPSA) is 49.3 Å². The van der Waals surface area contributed by atoms with E-state index in [4.69, 9.17) is 5.11 Å². The summed E-state index contributed by atoms with van der Waals surface area (Å²) in [6, 6.07) is 0.126. The van der Waals surface area contributed by atoms with E-state index in [1.54, 1.807) is 11.8 Å². The number of carboxylic acid groups (broad SMARTS) is 1. The molecule has 4 heteroatoms. The van der Waals surface area contributed by atoms with E-state index in [2.05, 4.69) is 5.32 Å². The summed E-state index contributed by atoms with van der Waals surface area (Å²) in [4.78, 5) is 10.6. The van der Waals surface area contributed by atoms with Gasteiger partial charge in [-0.05, 0) is 19.1 Å². The molecule has 1 saturated carbocycles. The first kappa shape index (κ1) is 8.87. The molecule has 1 atom stereocenters. The molecule has 11 heavy (non-hydrogen) atoms. The Hall–Kier alpha value is -0.220. The van der Waals surface area contributed by atoms with Crippen molar-refractivity contribution >= 4 is 17.7 Å². The summed E-state index contributed by atoms with van der Waals surface area (Å²) in [5.41, 5.74) is 0. The minimum atomic E-state index is -0.730. The van der Waals surface area contributed by atoms with Crippen LogP contribution < -0.4 is 5.32 Å². The standard InChI is InChI=1S/C7H13NO2S/c1-11-4-6(7(9)10)8-5-2-3-5/h5-6,8H,2-4H2,1H3,(H,9,10)/t6-/m0/s1. The van der Waals surface area contributed by atoms with Gasteiger partial charge in [0.2, 0.25) is 0 Å². The Balaban J connectivity index is 2.24. The number of rotatable bonds is 5. The summed E-state index contributed by atoms with van der Waals surface area (Å²) in [6.07, 6.45) is 4.20. The lowest BCUT2D eigenvalue weighted by Crippen LogP contribution is -2.39. The molecule has 0 saturated heterocycles. The van der Waals surface area contributed by atoms with Gasteiger partial charge in [-0.1, -0.05) is 0 Å². The molecule has 0 amide bonds. The fourth-order valence-electron chi connectivity index (χ4n) is 0.892. The molecule has 3 nitrogen and oxygen atoms in total. The van der Waals surface area contributed by atoms with Gasteiger partial charge in [-0.2, -0.15) is 11.8 Å². The number of nitrogens with one attached hydrogen (secondary N) is 1. The molecule has 2 N–H and O–H groups in total. The summed E-state index contributed by atoms with van der Waals surface area (Å²) in [6.45, 7) is 0. The van der Waals surface area contributed by atoms with Gasteiger partial charge in [-0.15, -0.1) is 0 Å². The molecule has 1 rings (SSSR count). The second kappa shape index (κ2) is 3.97. The highest BCUT2D eigenvalue weighted by atomic mass is 32.2. The summed E-state index contributed by atoms with van der Waals surface area (Å²) in [5, 5.41) is 11.8. The average Bonchev–Trinajstić information content (AvgIpc) is 2.70. The highest BCUT2D eigenvalue weighted by Crippen LogP contribution is 2.19. The summed E-state index contributed by atoms with van der Waals surface area (Å²) < 4.78 is 0. The Bertz CT molecular complexity index is 147. The monoisotopic (exact) mass is 175 g/mol. The number of hydrogen-bond donors (Lipinski definition) is 2. The quantitative estimate of drug-likeness (QED) is 0.641. The van der Waals surface area contributed by atoms with Crippen molar-refractivity contribution in [2.24, 2.45) is 0 Å². The minimum absolute atomic E-state index is 0.350. The van der Waals surface area contributed by atoms with Crippen LogP contribution in [0.1, 0.15) is 12.8 Å². The van der Waals surface area contributed by atoms with Crippen LogP contribution in [0.5, 0.6) is 0 Å². The molecule has 0 aromatic carbocycles. The zero-order chi connectivity index (χ0) is 8.27. The molecule has 0 aliphatic heterocycles. The molecule has 0 bridgehead atoms. The second-order valence-corrected chi connectivity index (χ2v) is 3.70. The van der Waals surface area contributed by atoms with Crippen LogP contribution in [0.25, 0.3) is 0 Å². The van der Waals surface area contributed by atoms with E-state index >= 15 is 0 Å². The SMILES string of the molecule is CSC[C@H](NC1CC1)C(=O)O. The lowest BCUT2D eigenvalue weighted by molar-refractivity contribution is -0.138. The highest BCUT2D eigenvalue weighted by molar-refractivity contribution is 7.98. The van der Waals surface area contributed by atoms with Crippen LogP contribution in [0.2, 0.25) is 0 Å². The lowest BCUT2D eigenvalue weighted by Gasteiger charge is -2.11. The largest absolute Gasteiger partial charge is 0.480 e. The maximum Gasteiger partial charge on any atom is 0.321 e. The molecular weight excluding hydrogens is 162 g/mol. The zero-order valence-corrected chi connectivity index (χ0v) is 7.36. The minimum Gasteiger partial charge on any atom is -0.480 e. The van der Waals surface area contributed by atoms with E-state index in [1.165, 1.54) is 0 Å². The van der Waals surface area contributed by atoms with Gasteiger partial charge in [0.05, 0.1) is 0 Å². The Morgan fingerprint density at radius 3 is 2.82 bits per heavy atom. The second-order valence-electron chi connectivity index (χ2n) is 2.79. The molecular formula is C7H13NO2S. The van der Waals surface area contributed by atoms with Crippen molar-refractivity contribution in [1.82, 2.24) is 5.32 Å². The van der Waals surface area contributed by atoms with Crippen LogP contribution in [0, 0.1) is 0 Å². The van der Waals surface area contributed by atoms with E-state index in [0.29, 0.717) is 11.8 Å². The van der Waals surface area contributed by atoms with Crippen molar-refractivity contribution in [2.45, 2.75) is 24.9 Å². The van der Waals surface area contributed by atoms with Crippen LogP contribution in [-0.2, 0) is 4.79 Å². The maximum atomic E-state index is 10.6. The van der Waals surface area contributed by atoms with Crippen molar-refractivity contribution in [3.8, 4) is 0 Å². The molecule has 1 aliphatic carbocycles. The number of carbonyl (C=O) groups is 1. The van der Waals surface area contributed by atoms with Gasteiger partial charge in [-0.3, -0.25) is 4.79 Å². The van der Waals surface area contributed by atoms with Crippen LogP contribution in [0.4, 0.5) is 0 Å². The Labute approximate surface area is 70.6 Å². The fraction of sp³-hybridized carbons (Fsp3) is 0.857. The third-order valence-electron chi connectivity index (χ3n) is 1.65. The first-order valence-electron chi connectivity index (χ1n) is 3.72. The van der Waals surface area contributed by atoms with Crippen molar-refractivity contribution < 1.29 is 9.90 Å². The molecule has 0 radical (unpaired) electrons. The van der Waals surface area contributed by atoms with Gasteiger partial charge in [0.25, 0.3) is 0 Å². The summed E-state index contributed by atoms with van der Waals surface area (Å²) in [7, 11) is 0. The van der Waals surface area contributed by atoms with Gasteiger partial charge in [0.15, 0.2) is 0 Å². The highest BCUT2D eigenvalue weighted by Gasteiger charge is 2.27. The maximum absolute atomic E-state index is 10.6. The first-order valence-corrected chi connectivity index (χ1v) is 5.11. The zero-order valence-electron chi connectivity index (χ0n) is 6.54. The van der Waals surface area contributed by atoms with Crippen LogP contribution in [-0.4, -0.2) is 35.2 Å². The molecule has 0 heterocycles. The Kier molecular flexibility index (Phi) is 3.20. The van der Waals surface area contributed by atoms with Crippen LogP contribution in [0.15, 0.2) is 0 Å². The number of thioether (sulfide) groups is 1. The number of hydrogen-bond acceptors (Lipinski definition) is 3. The van der Waals surface area contributed by atoms with Crippen molar-refractivity contribution in [3.63, 3.8) is 0 Å². The lowest BCUT2D eigenvalue weighted by atomic mass is 10.3. The van der Waals surface area contributed by atoms with E-state index in [-0.39, 0.29) is 6.04 Å². The normalized spacial score (nSPS) is 19.7. The molecule has 0 unspecified atom stereocenters. The fourth-order valence-corrected chi connectivity index (χ4v) is 1.46. The molecule has 0 aromatic heterocycles. The first-order chi connectivity index (χ1) is 5.24. The Morgan fingerprint density at radius 1 is 1.82 bits per heavy atom. The molecule has 0 aromatic rings. The molecule has 0 spiro atoms. The number of aliphatic carboxylic acids is 1. The van der Waals surface area contributed by atoms with Crippen molar-refractivity contribution in [2.75, 3.05) is 12.0 Å². The number of carboxylic acids is 1.